The number of nitrogens with two attached hydrogens (primary N) is 1. The summed E-state index contributed by atoms with van der Waals surface area (Å²) in [6, 6.07) is 18.1. The molecule has 0 aliphatic rings. The molecule has 7 nitrogen and oxygen atoms in total. The molecule has 0 radical (unpaired) electrons. The third kappa shape index (κ3) is 9.69. The highest BCUT2D eigenvalue weighted by Crippen LogP contribution is 2.16. The van der Waals surface area contributed by atoms with Crippen molar-refractivity contribution in [1.29, 1.82) is 0 Å². The van der Waals surface area contributed by atoms with Crippen molar-refractivity contribution in [3.8, 4) is 0 Å². The summed E-state index contributed by atoms with van der Waals surface area (Å²) in [7, 11) is 0. The molecule has 0 saturated carbocycles. The normalized spacial score (nSPS) is 10.1. The minimum Gasteiger partial charge on any atom is -0.445 e. The molecule has 7 heteroatoms. The molecule has 0 unspecified atom stereocenters. The molecule has 172 valence electrons. The lowest BCUT2D eigenvalue weighted by molar-refractivity contribution is -0.111. The molecule has 0 saturated heterocycles. The van der Waals surface area contributed by atoms with Crippen LogP contribution in [0.15, 0.2) is 79.1 Å². The molecule has 4 N–H and O–H groups in total. The molecular formula is C26H30N4O3. The van der Waals surface area contributed by atoms with E-state index in [0.29, 0.717) is 17.9 Å². The monoisotopic (exact) mass is 446 g/mol. The zero-order valence-corrected chi connectivity index (χ0v) is 19.0. The van der Waals surface area contributed by atoms with Crippen LogP contribution in [0.2, 0.25) is 0 Å². The molecule has 33 heavy (non-hydrogen) atoms. The summed E-state index contributed by atoms with van der Waals surface area (Å²) in [6.45, 7) is 4.75. The smallest absolute Gasteiger partial charge is 0.407 e. The van der Waals surface area contributed by atoms with E-state index in [1.165, 1.54) is 12.5 Å². The summed E-state index contributed by atoms with van der Waals surface area (Å²) in [5, 5.41) is 5.43. The Morgan fingerprint density at radius 2 is 1.73 bits per heavy atom. The summed E-state index contributed by atoms with van der Waals surface area (Å²) in [6.07, 6.45) is 7.20. The van der Waals surface area contributed by atoms with Gasteiger partial charge >= 0.3 is 6.09 Å². The number of nitrogens with zero attached hydrogens (tertiary/aromatic N) is 1. The second kappa shape index (κ2) is 14.0. The topological polar surface area (TPSA) is 106 Å². The molecule has 2 aromatic carbocycles. The summed E-state index contributed by atoms with van der Waals surface area (Å²) in [5.74, 6) is -0.269. The van der Waals surface area contributed by atoms with E-state index in [0.717, 1.165) is 16.7 Å². The van der Waals surface area contributed by atoms with E-state index in [2.05, 4.69) is 29.5 Å². The number of rotatable bonds is 7. The van der Waals surface area contributed by atoms with Gasteiger partial charge in [0.25, 0.3) is 0 Å². The number of amides is 2. The highest BCUT2D eigenvalue weighted by atomic mass is 16.5. The molecule has 0 aliphatic heterocycles. The third-order valence-electron chi connectivity index (χ3n) is 4.16. The molecule has 0 spiro atoms. The van der Waals surface area contributed by atoms with Crippen LogP contribution in [-0.4, -0.2) is 17.0 Å². The van der Waals surface area contributed by atoms with E-state index in [4.69, 9.17) is 10.5 Å². The highest BCUT2D eigenvalue weighted by molar-refractivity contribution is 6.03. The second-order valence-electron chi connectivity index (χ2n) is 7.15. The Labute approximate surface area is 194 Å². The predicted molar refractivity (Wildman–Crippen MR) is 132 cm³/mol. The number of hydrogen-bond acceptors (Lipinski definition) is 5. The van der Waals surface area contributed by atoms with Gasteiger partial charge in [0.2, 0.25) is 5.91 Å². The van der Waals surface area contributed by atoms with Crippen molar-refractivity contribution >= 4 is 29.5 Å². The number of carbonyl (C=O) groups is 2. The minimum atomic E-state index is -0.500. The van der Waals surface area contributed by atoms with Crippen LogP contribution in [0, 0.1) is 0 Å². The lowest BCUT2D eigenvalue weighted by Gasteiger charge is -2.07. The number of carbonyl (C=O) groups excluding carboxylic acids is 2. The molecule has 0 fully saturated rings. The van der Waals surface area contributed by atoms with Crippen LogP contribution in [-0.2, 0) is 22.7 Å². The second-order valence-corrected chi connectivity index (χ2v) is 7.15. The van der Waals surface area contributed by atoms with Crippen molar-refractivity contribution in [3.05, 3.63) is 95.8 Å². The third-order valence-corrected chi connectivity index (χ3v) is 4.16. The largest absolute Gasteiger partial charge is 0.445 e. The fourth-order valence-corrected chi connectivity index (χ4v) is 2.56. The Morgan fingerprint density at radius 1 is 1.00 bits per heavy atom. The van der Waals surface area contributed by atoms with Crippen molar-refractivity contribution in [1.82, 2.24) is 10.3 Å². The first-order chi connectivity index (χ1) is 16.0. The average molecular weight is 447 g/mol. The molecular weight excluding hydrogens is 416 g/mol. The van der Waals surface area contributed by atoms with Gasteiger partial charge in [-0.2, -0.15) is 0 Å². The maximum Gasteiger partial charge on any atom is 0.407 e. The number of ether oxygens (including phenoxy) is 1. The van der Waals surface area contributed by atoms with Gasteiger partial charge in [-0.15, -0.1) is 0 Å². The maximum atomic E-state index is 12.0. The summed E-state index contributed by atoms with van der Waals surface area (Å²) >= 11 is 0. The Bertz CT molecular complexity index is 1030. The summed E-state index contributed by atoms with van der Waals surface area (Å²) < 4.78 is 5.14. The molecule has 0 bridgehead atoms. The van der Waals surface area contributed by atoms with Gasteiger partial charge in [0, 0.05) is 30.6 Å². The van der Waals surface area contributed by atoms with Crippen LogP contribution in [0.4, 0.5) is 16.2 Å². The Kier molecular flexibility index (Phi) is 10.7. The molecule has 2 amide bonds. The van der Waals surface area contributed by atoms with Crippen molar-refractivity contribution < 1.29 is 14.3 Å². The van der Waals surface area contributed by atoms with Gasteiger partial charge in [-0.3, -0.25) is 9.78 Å². The van der Waals surface area contributed by atoms with E-state index < -0.39 is 6.09 Å². The first-order valence-electron chi connectivity index (χ1n) is 10.7. The van der Waals surface area contributed by atoms with Gasteiger partial charge in [-0.25, -0.2) is 4.79 Å². The van der Waals surface area contributed by atoms with Crippen LogP contribution in [0.1, 0.15) is 37.0 Å². The molecule has 1 aromatic heterocycles. The van der Waals surface area contributed by atoms with Gasteiger partial charge in [-0.05, 0) is 35.4 Å². The van der Waals surface area contributed by atoms with Crippen LogP contribution in [0.25, 0.3) is 6.08 Å². The molecule has 0 atom stereocenters. The van der Waals surface area contributed by atoms with E-state index in [9.17, 15) is 9.59 Å². The molecule has 3 rings (SSSR count). The number of alkyl carbamates (subject to hydrolysis) is 1. The fourth-order valence-electron chi connectivity index (χ4n) is 2.56. The van der Waals surface area contributed by atoms with Gasteiger partial charge in [0.05, 0.1) is 11.4 Å². The number of aromatic nitrogens is 1. The van der Waals surface area contributed by atoms with E-state index >= 15 is 0 Å². The fraction of sp³-hybridized carbons (Fsp3) is 0.192. The van der Waals surface area contributed by atoms with Crippen molar-refractivity contribution in [3.63, 3.8) is 0 Å². The Balaban J connectivity index is 0.00000122. The van der Waals surface area contributed by atoms with Gasteiger partial charge in [0.15, 0.2) is 0 Å². The standard InChI is InChI=1S/C23H22N4O3.C3H8/c24-20-5-1-2-6-21(20)27-22(28)12-11-17-7-9-18(10-8-17)15-26-23(29)30-16-19-4-3-13-25-14-19;1-3-2/h1-14H,15-16,24H2,(H,26,29)(H,27,28);3H2,1-2H3/b12-11+;. The molecule has 0 aliphatic carbocycles. The van der Waals surface area contributed by atoms with Crippen molar-refractivity contribution in [2.45, 2.75) is 33.4 Å². The summed E-state index contributed by atoms with van der Waals surface area (Å²) in [5.41, 5.74) is 9.48. The Morgan fingerprint density at radius 3 is 2.39 bits per heavy atom. The average Bonchev–Trinajstić information content (AvgIpc) is 2.83. The zero-order chi connectivity index (χ0) is 23.9. The minimum absolute atomic E-state index is 0.167. The number of hydrogen-bond donors (Lipinski definition) is 3. The van der Waals surface area contributed by atoms with Crippen LogP contribution in [0.5, 0.6) is 0 Å². The highest BCUT2D eigenvalue weighted by Gasteiger charge is 2.04. The first-order valence-corrected chi connectivity index (χ1v) is 10.7. The lowest BCUT2D eigenvalue weighted by atomic mass is 10.1. The summed E-state index contributed by atoms with van der Waals surface area (Å²) in [4.78, 5) is 27.8. The zero-order valence-electron chi connectivity index (χ0n) is 19.0. The van der Waals surface area contributed by atoms with Gasteiger partial charge < -0.3 is 21.1 Å². The van der Waals surface area contributed by atoms with Gasteiger partial charge in [0.1, 0.15) is 6.61 Å². The van der Waals surface area contributed by atoms with Crippen molar-refractivity contribution in [2.24, 2.45) is 0 Å². The predicted octanol–water partition coefficient (Wildman–Crippen LogP) is 5.16. The van der Waals surface area contributed by atoms with Crippen LogP contribution < -0.4 is 16.4 Å². The number of anilines is 2. The SMILES string of the molecule is CCC.Nc1ccccc1NC(=O)/C=C/c1ccc(CNC(=O)OCc2cccnc2)cc1. The van der Waals surface area contributed by atoms with Crippen molar-refractivity contribution in [2.75, 3.05) is 11.1 Å². The lowest BCUT2D eigenvalue weighted by Crippen LogP contribution is -2.23. The number of para-hydroxylation sites is 2. The number of pyridine rings is 1. The quantitative estimate of drug-likeness (QED) is 0.343. The maximum absolute atomic E-state index is 12.0. The van der Waals surface area contributed by atoms with E-state index in [-0.39, 0.29) is 12.5 Å². The Hall–Kier alpha value is -4.13. The number of benzene rings is 2. The number of nitrogens with one attached hydrogen (secondary N) is 2. The molecule has 3 aromatic rings. The van der Waals surface area contributed by atoms with Gasteiger partial charge in [-0.1, -0.05) is 62.7 Å². The number of nitrogen functional groups attached to an aromatic ring is 1. The first kappa shape index (κ1) is 25.1. The molecule has 1 heterocycles. The van der Waals surface area contributed by atoms with E-state index in [1.54, 1.807) is 48.8 Å². The van der Waals surface area contributed by atoms with Crippen LogP contribution >= 0.6 is 0 Å². The van der Waals surface area contributed by atoms with E-state index in [1.807, 2.05) is 30.3 Å². The van der Waals surface area contributed by atoms with Crippen LogP contribution in [0.3, 0.4) is 0 Å².